The summed E-state index contributed by atoms with van der Waals surface area (Å²) < 4.78 is 0. The third-order valence-electron chi connectivity index (χ3n) is 3.56. The summed E-state index contributed by atoms with van der Waals surface area (Å²) in [6.45, 7) is 2.44. The van der Waals surface area contributed by atoms with E-state index in [-0.39, 0.29) is 0 Å². The van der Waals surface area contributed by atoms with Crippen LogP contribution >= 0.6 is 0 Å². The van der Waals surface area contributed by atoms with Crippen molar-refractivity contribution in [2.75, 3.05) is 48.3 Å². The van der Waals surface area contributed by atoms with Crippen molar-refractivity contribution in [2.24, 2.45) is 0 Å². The first-order chi connectivity index (χ1) is 10.8. The van der Waals surface area contributed by atoms with E-state index in [1.54, 1.807) is 24.8 Å². The summed E-state index contributed by atoms with van der Waals surface area (Å²) >= 11 is 0. The van der Waals surface area contributed by atoms with Crippen LogP contribution < -0.4 is 15.1 Å². The molecule has 2 aromatic rings. The second-order valence-corrected chi connectivity index (χ2v) is 5.10. The molecule has 1 aliphatic heterocycles. The van der Waals surface area contributed by atoms with Crippen LogP contribution in [0.25, 0.3) is 0 Å². The summed E-state index contributed by atoms with van der Waals surface area (Å²) in [7, 11) is 1.82. The Morgan fingerprint density at radius 3 is 2.73 bits per heavy atom. The van der Waals surface area contributed by atoms with Crippen LogP contribution in [-0.2, 0) is 0 Å². The van der Waals surface area contributed by atoms with E-state index in [0.29, 0.717) is 25.6 Å². The summed E-state index contributed by atoms with van der Waals surface area (Å²) in [5.41, 5.74) is 0. The average molecular weight is 301 g/mol. The zero-order valence-corrected chi connectivity index (χ0v) is 12.4. The SMILES string of the molecule is CNc1ccnc(N2CCN(c3cnccn3)CC(O)C2)n1. The summed E-state index contributed by atoms with van der Waals surface area (Å²) in [5.74, 6) is 2.15. The van der Waals surface area contributed by atoms with E-state index in [0.717, 1.165) is 18.2 Å². The molecule has 3 heterocycles. The predicted molar refractivity (Wildman–Crippen MR) is 84.0 cm³/mol. The maximum absolute atomic E-state index is 10.3. The van der Waals surface area contributed by atoms with Gasteiger partial charge >= 0.3 is 0 Å². The first kappa shape index (κ1) is 14.5. The Morgan fingerprint density at radius 2 is 1.95 bits per heavy atom. The molecule has 0 aliphatic carbocycles. The molecule has 1 aliphatic rings. The van der Waals surface area contributed by atoms with Crippen molar-refractivity contribution in [3.05, 3.63) is 30.9 Å². The van der Waals surface area contributed by atoms with Crippen LogP contribution in [0.5, 0.6) is 0 Å². The number of nitrogens with one attached hydrogen (secondary N) is 1. The molecule has 116 valence electrons. The lowest BCUT2D eigenvalue weighted by Gasteiger charge is -2.22. The molecular weight excluding hydrogens is 282 g/mol. The van der Waals surface area contributed by atoms with E-state index in [4.69, 9.17) is 0 Å². The fourth-order valence-electron chi connectivity index (χ4n) is 2.47. The Hall–Kier alpha value is -2.48. The largest absolute Gasteiger partial charge is 0.389 e. The third kappa shape index (κ3) is 3.22. The van der Waals surface area contributed by atoms with Crippen molar-refractivity contribution >= 4 is 17.6 Å². The zero-order chi connectivity index (χ0) is 15.4. The van der Waals surface area contributed by atoms with Crippen molar-refractivity contribution in [1.29, 1.82) is 0 Å². The lowest BCUT2D eigenvalue weighted by atomic mass is 10.3. The molecule has 2 N–H and O–H groups in total. The van der Waals surface area contributed by atoms with Crippen molar-refractivity contribution in [3.63, 3.8) is 0 Å². The van der Waals surface area contributed by atoms with Crippen LogP contribution in [0.4, 0.5) is 17.6 Å². The van der Waals surface area contributed by atoms with Crippen molar-refractivity contribution < 1.29 is 5.11 Å². The average Bonchev–Trinajstić information content (AvgIpc) is 2.77. The summed E-state index contributed by atoms with van der Waals surface area (Å²) in [6, 6.07) is 1.81. The molecule has 1 saturated heterocycles. The van der Waals surface area contributed by atoms with Gasteiger partial charge in [0.2, 0.25) is 5.95 Å². The first-order valence-corrected chi connectivity index (χ1v) is 7.21. The minimum atomic E-state index is -0.508. The van der Waals surface area contributed by atoms with E-state index < -0.39 is 6.10 Å². The Morgan fingerprint density at radius 1 is 1.14 bits per heavy atom. The van der Waals surface area contributed by atoms with Gasteiger partial charge in [0.15, 0.2) is 0 Å². The Kier molecular flexibility index (Phi) is 4.29. The molecule has 1 fully saturated rings. The number of aliphatic hydroxyl groups is 1. The summed E-state index contributed by atoms with van der Waals surface area (Å²) in [4.78, 5) is 21.1. The van der Waals surface area contributed by atoms with E-state index >= 15 is 0 Å². The summed E-state index contributed by atoms with van der Waals surface area (Å²) in [6.07, 6.45) is 6.21. The number of rotatable bonds is 3. The molecule has 8 heteroatoms. The van der Waals surface area contributed by atoms with Crippen molar-refractivity contribution in [2.45, 2.75) is 6.10 Å². The second kappa shape index (κ2) is 6.52. The normalized spacial score (nSPS) is 18.9. The van der Waals surface area contributed by atoms with Gasteiger partial charge in [0, 0.05) is 51.8 Å². The van der Waals surface area contributed by atoms with Gasteiger partial charge in [-0.05, 0) is 6.07 Å². The van der Waals surface area contributed by atoms with Gasteiger partial charge in [0.25, 0.3) is 0 Å². The molecular formula is C14H19N7O. The van der Waals surface area contributed by atoms with Gasteiger partial charge in [-0.2, -0.15) is 4.98 Å². The Labute approximate surface area is 128 Å². The Balaban J connectivity index is 1.76. The lowest BCUT2D eigenvalue weighted by Crippen LogP contribution is -2.34. The van der Waals surface area contributed by atoms with Crippen molar-refractivity contribution in [1.82, 2.24) is 19.9 Å². The molecule has 22 heavy (non-hydrogen) atoms. The van der Waals surface area contributed by atoms with Gasteiger partial charge in [-0.15, -0.1) is 0 Å². The van der Waals surface area contributed by atoms with Gasteiger partial charge in [-0.25, -0.2) is 9.97 Å². The highest BCUT2D eigenvalue weighted by Crippen LogP contribution is 2.16. The molecule has 0 bridgehead atoms. The summed E-state index contributed by atoms with van der Waals surface area (Å²) in [5, 5.41) is 13.3. The van der Waals surface area contributed by atoms with Crippen molar-refractivity contribution in [3.8, 4) is 0 Å². The number of aliphatic hydroxyl groups excluding tert-OH is 1. The fourth-order valence-corrected chi connectivity index (χ4v) is 2.47. The quantitative estimate of drug-likeness (QED) is 0.818. The van der Waals surface area contributed by atoms with Crippen LogP contribution in [0, 0.1) is 0 Å². The molecule has 3 rings (SSSR count). The molecule has 1 unspecified atom stereocenters. The highest BCUT2D eigenvalue weighted by Gasteiger charge is 2.23. The number of aromatic nitrogens is 4. The molecule has 2 aromatic heterocycles. The molecule has 0 saturated carbocycles. The monoisotopic (exact) mass is 301 g/mol. The number of β-amino-alcohol motifs (C(OH)–C–C–N with tert-alkyl or cyclic N) is 1. The second-order valence-electron chi connectivity index (χ2n) is 5.10. The van der Waals surface area contributed by atoms with E-state index in [1.807, 2.05) is 22.9 Å². The fraction of sp³-hybridized carbons (Fsp3) is 0.429. The molecule has 0 amide bonds. The van der Waals surface area contributed by atoms with E-state index in [2.05, 4.69) is 25.3 Å². The standard InChI is InChI=1S/C14H19N7O/c1-15-12-2-3-18-14(19-12)21-7-6-20(9-11(22)10-21)13-8-16-4-5-17-13/h2-5,8,11,22H,6-7,9-10H2,1H3,(H,15,18,19). The molecule has 0 spiro atoms. The van der Waals surface area contributed by atoms with Crippen LogP contribution in [0.1, 0.15) is 0 Å². The lowest BCUT2D eigenvalue weighted by molar-refractivity contribution is 0.190. The first-order valence-electron chi connectivity index (χ1n) is 7.21. The highest BCUT2D eigenvalue weighted by molar-refractivity contribution is 5.43. The number of nitrogens with zero attached hydrogens (tertiary/aromatic N) is 6. The minimum absolute atomic E-state index is 0.490. The maximum atomic E-state index is 10.3. The molecule has 1 atom stereocenters. The van der Waals surface area contributed by atoms with Crippen LogP contribution in [0.15, 0.2) is 30.9 Å². The van der Waals surface area contributed by atoms with Gasteiger partial charge in [0.05, 0.1) is 12.3 Å². The van der Waals surface area contributed by atoms with E-state index in [1.165, 1.54) is 0 Å². The number of anilines is 3. The maximum Gasteiger partial charge on any atom is 0.227 e. The smallest absolute Gasteiger partial charge is 0.227 e. The van der Waals surface area contributed by atoms with Crippen LogP contribution in [0.3, 0.4) is 0 Å². The van der Waals surface area contributed by atoms with E-state index in [9.17, 15) is 5.11 Å². The molecule has 0 radical (unpaired) electrons. The minimum Gasteiger partial charge on any atom is -0.389 e. The molecule has 0 aromatic carbocycles. The molecule has 8 nitrogen and oxygen atoms in total. The van der Waals surface area contributed by atoms with Gasteiger partial charge in [0.1, 0.15) is 11.6 Å². The van der Waals surface area contributed by atoms with Gasteiger partial charge < -0.3 is 20.2 Å². The van der Waals surface area contributed by atoms with Crippen LogP contribution in [0.2, 0.25) is 0 Å². The number of hydrogen-bond donors (Lipinski definition) is 2. The van der Waals surface area contributed by atoms with Gasteiger partial charge in [-0.3, -0.25) is 4.98 Å². The third-order valence-corrected chi connectivity index (χ3v) is 3.56. The Bertz CT molecular complexity index is 609. The zero-order valence-electron chi connectivity index (χ0n) is 12.4. The predicted octanol–water partition coefficient (Wildman–Crippen LogP) is -0.00420. The van der Waals surface area contributed by atoms with Gasteiger partial charge in [-0.1, -0.05) is 0 Å². The van der Waals surface area contributed by atoms with Crippen LogP contribution in [-0.4, -0.2) is 64.4 Å². The highest BCUT2D eigenvalue weighted by atomic mass is 16.3. The number of hydrogen-bond acceptors (Lipinski definition) is 8. The topological polar surface area (TPSA) is 90.3 Å².